The van der Waals surface area contributed by atoms with Gasteiger partial charge in [0.05, 0.1) is 12.3 Å². The summed E-state index contributed by atoms with van der Waals surface area (Å²) in [4.78, 5) is 4.47. The quantitative estimate of drug-likeness (QED) is 0.919. The molecule has 4 rings (SSSR count). The smallest absolute Gasteiger partial charge is 0.238 e. The van der Waals surface area contributed by atoms with Gasteiger partial charge in [-0.15, -0.1) is 0 Å². The molecule has 2 atom stereocenters. The Bertz CT molecular complexity index is 660. The molecule has 2 unspecified atom stereocenters. The van der Waals surface area contributed by atoms with E-state index in [4.69, 9.17) is 13.9 Å². The fourth-order valence-corrected chi connectivity index (χ4v) is 3.02. The van der Waals surface area contributed by atoms with Crippen LogP contribution in [0, 0.1) is 6.92 Å². The number of rotatable bonds is 5. The molecule has 1 aromatic heterocycles. The predicted octanol–water partition coefficient (Wildman–Crippen LogP) is 2.97. The van der Waals surface area contributed by atoms with Gasteiger partial charge in [-0.25, -0.2) is 4.98 Å². The zero-order valence-electron chi connectivity index (χ0n) is 13.3. The van der Waals surface area contributed by atoms with Crippen molar-refractivity contribution < 1.29 is 13.9 Å². The molecule has 1 aliphatic carbocycles. The third-order valence-electron chi connectivity index (χ3n) is 4.36. The topological polar surface area (TPSA) is 56.5 Å². The molecule has 1 N–H and O–H groups in total. The number of oxazole rings is 1. The number of aromatic nitrogens is 1. The number of hydrogen-bond acceptors (Lipinski definition) is 5. The van der Waals surface area contributed by atoms with Crippen LogP contribution in [-0.4, -0.2) is 30.8 Å². The van der Waals surface area contributed by atoms with E-state index in [-0.39, 0.29) is 12.2 Å². The lowest BCUT2D eigenvalue weighted by molar-refractivity contribution is -0.0523. The summed E-state index contributed by atoms with van der Waals surface area (Å²) < 4.78 is 17.9. The molecule has 1 aromatic carbocycles. The molecular formula is C18H22N2O3. The lowest BCUT2D eigenvalue weighted by Crippen LogP contribution is -2.43. The van der Waals surface area contributed by atoms with Gasteiger partial charge < -0.3 is 19.2 Å². The SMILES string of the molecule is Cc1coc(C(Oc2ccccc2C2CC2)C2CNCCO2)n1. The maximum absolute atomic E-state index is 6.36. The summed E-state index contributed by atoms with van der Waals surface area (Å²) in [5.41, 5.74) is 2.14. The number of hydrogen-bond donors (Lipinski definition) is 1. The normalized spacial score (nSPS) is 22.7. The minimum Gasteiger partial charge on any atom is -0.478 e. The predicted molar refractivity (Wildman–Crippen MR) is 85.6 cm³/mol. The number of para-hydroxylation sites is 1. The van der Waals surface area contributed by atoms with E-state index < -0.39 is 0 Å². The number of morpholine rings is 1. The summed E-state index contributed by atoms with van der Waals surface area (Å²) in [6.07, 6.45) is 3.70. The van der Waals surface area contributed by atoms with Gasteiger partial charge in [0.25, 0.3) is 0 Å². The van der Waals surface area contributed by atoms with E-state index in [1.54, 1.807) is 6.26 Å². The van der Waals surface area contributed by atoms with E-state index in [1.165, 1.54) is 18.4 Å². The second-order valence-electron chi connectivity index (χ2n) is 6.29. The first kappa shape index (κ1) is 14.7. The average Bonchev–Trinajstić information content (AvgIpc) is 3.35. The lowest BCUT2D eigenvalue weighted by atomic mass is 10.1. The van der Waals surface area contributed by atoms with Crippen LogP contribution >= 0.6 is 0 Å². The number of nitrogens with zero attached hydrogens (tertiary/aromatic N) is 1. The summed E-state index contributed by atoms with van der Waals surface area (Å²) in [7, 11) is 0. The Morgan fingerprint density at radius 1 is 1.30 bits per heavy atom. The van der Waals surface area contributed by atoms with Crippen LogP contribution < -0.4 is 10.1 Å². The van der Waals surface area contributed by atoms with Crippen LogP contribution in [0.2, 0.25) is 0 Å². The Hall–Kier alpha value is -1.85. The van der Waals surface area contributed by atoms with Crippen molar-refractivity contribution in [2.75, 3.05) is 19.7 Å². The maximum Gasteiger partial charge on any atom is 0.238 e. The van der Waals surface area contributed by atoms with Gasteiger partial charge in [0.2, 0.25) is 12.0 Å². The van der Waals surface area contributed by atoms with Crippen LogP contribution in [0.4, 0.5) is 0 Å². The molecule has 2 aliphatic rings. The van der Waals surface area contributed by atoms with Gasteiger partial charge in [-0.2, -0.15) is 0 Å². The lowest BCUT2D eigenvalue weighted by Gasteiger charge is -2.30. The largest absolute Gasteiger partial charge is 0.478 e. The van der Waals surface area contributed by atoms with Crippen molar-refractivity contribution in [2.45, 2.75) is 37.9 Å². The van der Waals surface area contributed by atoms with Gasteiger partial charge in [0, 0.05) is 13.1 Å². The molecule has 2 aromatic rings. The Morgan fingerprint density at radius 2 is 2.17 bits per heavy atom. The first-order valence-electron chi connectivity index (χ1n) is 8.31. The van der Waals surface area contributed by atoms with Crippen molar-refractivity contribution in [2.24, 2.45) is 0 Å². The minimum atomic E-state index is -0.337. The Balaban J connectivity index is 1.62. The van der Waals surface area contributed by atoms with Crippen LogP contribution in [0.1, 0.15) is 42.0 Å². The zero-order valence-corrected chi connectivity index (χ0v) is 13.3. The molecule has 5 nitrogen and oxygen atoms in total. The van der Waals surface area contributed by atoms with Crippen LogP contribution in [-0.2, 0) is 4.74 Å². The second-order valence-corrected chi connectivity index (χ2v) is 6.29. The highest BCUT2D eigenvalue weighted by molar-refractivity contribution is 5.39. The average molecular weight is 314 g/mol. The third kappa shape index (κ3) is 3.26. The van der Waals surface area contributed by atoms with Crippen molar-refractivity contribution in [3.63, 3.8) is 0 Å². The summed E-state index contributed by atoms with van der Waals surface area (Å²) in [5, 5.41) is 3.35. The summed E-state index contributed by atoms with van der Waals surface area (Å²) >= 11 is 0. The highest BCUT2D eigenvalue weighted by atomic mass is 16.6. The molecule has 0 spiro atoms. The molecule has 0 radical (unpaired) electrons. The van der Waals surface area contributed by atoms with E-state index in [0.717, 1.165) is 24.5 Å². The first-order valence-corrected chi connectivity index (χ1v) is 8.31. The zero-order chi connectivity index (χ0) is 15.6. The molecule has 0 amide bonds. The van der Waals surface area contributed by atoms with Crippen molar-refractivity contribution in [1.29, 1.82) is 0 Å². The Morgan fingerprint density at radius 3 is 2.87 bits per heavy atom. The van der Waals surface area contributed by atoms with Gasteiger partial charge in [0.1, 0.15) is 18.1 Å². The fourth-order valence-electron chi connectivity index (χ4n) is 3.02. The second kappa shape index (κ2) is 6.34. The van der Waals surface area contributed by atoms with E-state index in [2.05, 4.69) is 22.4 Å². The van der Waals surface area contributed by atoms with Gasteiger partial charge in [0.15, 0.2) is 0 Å². The Labute approximate surface area is 136 Å². The Kier molecular flexibility index (Phi) is 4.06. The number of ether oxygens (including phenoxy) is 2. The number of aryl methyl sites for hydroxylation is 1. The summed E-state index contributed by atoms with van der Waals surface area (Å²) in [6.45, 7) is 4.20. The fraction of sp³-hybridized carbons (Fsp3) is 0.500. The van der Waals surface area contributed by atoms with Crippen LogP contribution in [0.15, 0.2) is 34.9 Å². The monoisotopic (exact) mass is 314 g/mol. The van der Waals surface area contributed by atoms with Gasteiger partial charge >= 0.3 is 0 Å². The summed E-state index contributed by atoms with van der Waals surface area (Å²) in [6, 6.07) is 8.28. The van der Waals surface area contributed by atoms with Gasteiger partial charge in [-0.05, 0) is 37.3 Å². The van der Waals surface area contributed by atoms with Crippen molar-refractivity contribution in [3.8, 4) is 5.75 Å². The first-order chi connectivity index (χ1) is 11.3. The van der Waals surface area contributed by atoms with E-state index in [1.807, 2.05) is 19.1 Å². The molecule has 0 bridgehead atoms. The van der Waals surface area contributed by atoms with E-state index >= 15 is 0 Å². The molecule has 2 fully saturated rings. The molecular weight excluding hydrogens is 292 g/mol. The molecule has 122 valence electrons. The highest BCUT2D eigenvalue weighted by Crippen LogP contribution is 2.45. The van der Waals surface area contributed by atoms with Crippen LogP contribution in [0.5, 0.6) is 5.75 Å². The minimum absolute atomic E-state index is 0.103. The molecule has 2 heterocycles. The molecule has 1 saturated carbocycles. The van der Waals surface area contributed by atoms with Gasteiger partial charge in [-0.1, -0.05) is 18.2 Å². The van der Waals surface area contributed by atoms with Crippen molar-refractivity contribution in [1.82, 2.24) is 10.3 Å². The van der Waals surface area contributed by atoms with Gasteiger partial charge in [-0.3, -0.25) is 0 Å². The molecule has 5 heteroatoms. The molecule has 23 heavy (non-hydrogen) atoms. The van der Waals surface area contributed by atoms with Crippen LogP contribution in [0.3, 0.4) is 0 Å². The molecule has 1 aliphatic heterocycles. The standard InChI is InChI=1S/C18H22N2O3/c1-12-11-22-18(20-12)17(16-10-19-8-9-21-16)23-15-5-3-2-4-14(15)13-6-7-13/h2-5,11,13,16-17,19H,6-10H2,1H3. The van der Waals surface area contributed by atoms with E-state index in [0.29, 0.717) is 18.4 Å². The number of benzene rings is 1. The number of nitrogens with one attached hydrogen (secondary N) is 1. The van der Waals surface area contributed by atoms with E-state index in [9.17, 15) is 0 Å². The van der Waals surface area contributed by atoms with Crippen molar-refractivity contribution >= 4 is 0 Å². The van der Waals surface area contributed by atoms with Crippen molar-refractivity contribution in [3.05, 3.63) is 47.7 Å². The van der Waals surface area contributed by atoms with Crippen LogP contribution in [0.25, 0.3) is 0 Å². The highest BCUT2D eigenvalue weighted by Gasteiger charge is 2.34. The molecule has 1 saturated heterocycles. The third-order valence-corrected chi connectivity index (χ3v) is 4.36. The summed E-state index contributed by atoms with van der Waals surface area (Å²) in [5.74, 6) is 2.13. The maximum atomic E-state index is 6.36.